The van der Waals surface area contributed by atoms with E-state index in [0.29, 0.717) is 23.7 Å². The molecule has 0 aliphatic carbocycles. The molecule has 0 radical (unpaired) electrons. The number of amides is 2. The summed E-state index contributed by atoms with van der Waals surface area (Å²) in [5, 5.41) is 3.62. The van der Waals surface area contributed by atoms with Crippen LogP contribution in [0.2, 0.25) is 5.02 Å². The predicted octanol–water partition coefficient (Wildman–Crippen LogP) is 6.50. The summed E-state index contributed by atoms with van der Waals surface area (Å²) < 4.78 is 1.02. The lowest BCUT2D eigenvalue weighted by atomic mass is 10.0. The maximum Gasteiger partial charge on any atom is 0.243 e. The number of benzene rings is 3. The van der Waals surface area contributed by atoms with Gasteiger partial charge in [-0.15, -0.1) is 11.8 Å². The van der Waals surface area contributed by atoms with Gasteiger partial charge in [0.1, 0.15) is 6.04 Å². The Balaban J connectivity index is 1.84. The van der Waals surface area contributed by atoms with Crippen LogP contribution in [-0.2, 0) is 28.3 Å². The van der Waals surface area contributed by atoms with Crippen LogP contribution >= 0.6 is 39.3 Å². The van der Waals surface area contributed by atoms with Crippen molar-refractivity contribution in [1.29, 1.82) is 0 Å². The molecule has 0 bridgehead atoms. The molecule has 3 rings (SSSR count). The number of thioether (sulfide) groups is 1. The summed E-state index contributed by atoms with van der Waals surface area (Å²) in [7, 11) is 0. The summed E-state index contributed by atoms with van der Waals surface area (Å²) in [5.41, 5.74) is 3.03. The first-order chi connectivity index (χ1) is 16.8. The van der Waals surface area contributed by atoms with Gasteiger partial charge in [-0.1, -0.05) is 82.1 Å². The number of hydrogen-bond acceptors (Lipinski definition) is 3. The molecule has 3 aromatic rings. The van der Waals surface area contributed by atoms with E-state index in [2.05, 4.69) is 21.2 Å². The van der Waals surface area contributed by atoms with Gasteiger partial charge in [-0.3, -0.25) is 9.59 Å². The number of nitrogens with one attached hydrogen (secondary N) is 1. The van der Waals surface area contributed by atoms with Crippen LogP contribution < -0.4 is 5.32 Å². The average molecular weight is 574 g/mol. The highest BCUT2D eigenvalue weighted by Crippen LogP contribution is 2.21. The van der Waals surface area contributed by atoms with Gasteiger partial charge in [0.25, 0.3) is 0 Å². The lowest BCUT2D eigenvalue weighted by Gasteiger charge is -2.32. The Hall–Kier alpha value is -2.28. The third-order valence-corrected chi connectivity index (χ3v) is 7.10. The number of halogens is 2. The maximum absolute atomic E-state index is 13.6. The van der Waals surface area contributed by atoms with Crippen LogP contribution in [-0.4, -0.2) is 34.6 Å². The van der Waals surface area contributed by atoms with E-state index >= 15 is 0 Å². The van der Waals surface area contributed by atoms with Crippen LogP contribution in [0.5, 0.6) is 0 Å². The highest BCUT2D eigenvalue weighted by atomic mass is 79.9. The van der Waals surface area contributed by atoms with Crippen molar-refractivity contribution in [3.05, 3.63) is 105 Å². The zero-order valence-electron chi connectivity index (χ0n) is 19.9. The van der Waals surface area contributed by atoms with E-state index in [1.54, 1.807) is 22.7 Å². The van der Waals surface area contributed by atoms with Gasteiger partial charge in [0.15, 0.2) is 0 Å². The van der Waals surface area contributed by atoms with Gasteiger partial charge >= 0.3 is 0 Å². The Morgan fingerprint density at radius 3 is 2.29 bits per heavy atom. The van der Waals surface area contributed by atoms with Crippen LogP contribution in [0.1, 0.15) is 30.5 Å². The fourth-order valence-electron chi connectivity index (χ4n) is 3.69. The van der Waals surface area contributed by atoms with Gasteiger partial charge in [-0.25, -0.2) is 0 Å². The van der Waals surface area contributed by atoms with Crippen molar-refractivity contribution in [3.63, 3.8) is 0 Å². The molecule has 35 heavy (non-hydrogen) atoms. The number of rotatable bonds is 11. The summed E-state index contributed by atoms with van der Waals surface area (Å²) >= 11 is 11.2. The Morgan fingerprint density at radius 1 is 0.943 bits per heavy atom. The van der Waals surface area contributed by atoms with E-state index in [-0.39, 0.29) is 23.6 Å². The third kappa shape index (κ3) is 9.02. The lowest BCUT2D eigenvalue weighted by molar-refractivity contribution is -0.139. The second-order valence-electron chi connectivity index (χ2n) is 8.64. The lowest BCUT2D eigenvalue weighted by Crippen LogP contribution is -2.52. The van der Waals surface area contributed by atoms with Crippen LogP contribution in [0.3, 0.4) is 0 Å². The van der Waals surface area contributed by atoms with Gasteiger partial charge in [0, 0.05) is 34.3 Å². The predicted molar refractivity (Wildman–Crippen MR) is 150 cm³/mol. The minimum Gasteiger partial charge on any atom is -0.352 e. The fraction of sp³-hybridized carbons (Fsp3) is 0.286. The molecule has 0 aliphatic heterocycles. The standard InChI is InChI=1S/C28H30BrClN2O2S/c1-20(2)31-28(34)26(16-21-7-4-3-5-8-21)32(17-23-9-6-10-25(30)15-23)27(33)19-35-18-22-11-13-24(29)14-12-22/h3-15,20,26H,16-19H2,1-2H3,(H,31,34)/t26-/m1/s1. The zero-order valence-corrected chi connectivity index (χ0v) is 23.1. The van der Waals surface area contributed by atoms with Gasteiger partial charge in [0.05, 0.1) is 5.75 Å². The fourth-order valence-corrected chi connectivity index (χ4v) is 5.03. The van der Waals surface area contributed by atoms with Crippen LogP contribution in [0.4, 0.5) is 0 Å². The quantitative estimate of drug-likeness (QED) is 0.285. The molecular formula is C28H30BrClN2O2S. The maximum atomic E-state index is 13.6. The number of carbonyl (C=O) groups is 2. The monoisotopic (exact) mass is 572 g/mol. The van der Waals surface area contributed by atoms with Crippen LogP contribution in [0, 0.1) is 0 Å². The molecule has 1 atom stereocenters. The van der Waals surface area contributed by atoms with Gasteiger partial charge in [-0.2, -0.15) is 0 Å². The summed E-state index contributed by atoms with van der Waals surface area (Å²) in [6.45, 7) is 4.16. The van der Waals surface area contributed by atoms with Crippen molar-refractivity contribution in [2.45, 2.75) is 44.6 Å². The molecule has 3 aromatic carbocycles. The Bertz CT molecular complexity index is 1110. The number of hydrogen-bond donors (Lipinski definition) is 1. The molecule has 2 amide bonds. The van der Waals surface area contributed by atoms with Crippen LogP contribution in [0.15, 0.2) is 83.3 Å². The van der Waals surface area contributed by atoms with Crippen molar-refractivity contribution in [2.24, 2.45) is 0 Å². The van der Waals surface area contributed by atoms with E-state index in [1.807, 2.05) is 86.6 Å². The minimum atomic E-state index is -0.639. The van der Waals surface area contributed by atoms with Crippen molar-refractivity contribution in [3.8, 4) is 0 Å². The van der Waals surface area contributed by atoms with Crippen molar-refractivity contribution in [2.75, 3.05) is 5.75 Å². The van der Waals surface area contributed by atoms with Gasteiger partial charge in [-0.05, 0) is 54.8 Å². The summed E-state index contributed by atoms with van der Waals surface area (Å²) in [6.07, 6.45) is 0.434. The molecule has 0 fully saturated rings. The van der Waals surface area contributed by atoms with E-state index in [4.69, 9.17) is 11.6 Å². The average Bonchev–Trinajstić information content (AvgIpc) is 2.82. The molecule has 0 saturated heterocycles. The van der Waals surface area contributed by atoms with Gasteiger partial charge < -0.3 is 10.2 Å². The second kappa shape index (κ2) is 13.7. The topological polar surface area (TPSA) is 49.4 Å². The molecule has 7 heteroatoms. The SMILES string of the molecule is CC(C)NC(=O)[C@@H](Cc1ccccc1)N(Cc1cccc(Cl)c1)C(=O)CSCc1ccc(Br)cc1. The summed E-state index contributed by atoms with van der Waals surface area (Å²) in [4.78, 5) is 28.6. The van der Waals surface area contributed by atoms with E-state index < -0.39 is 6.04 Å². The Morgan fingerprint density at radius 2 is 1.63 bits per heavy atom. The molecule has 0 saturated carbocycles. The Kier molecular flexibility index (Phi) is 10.7. The molecule has 0 spiro atoms. The highest BCUT2D eigenvalue weighted by molar-refractivity contribution is 9.10. The first-order valence-electron chi connectivity index (χ1n) is 11.5. The third-order valence-electron chi connectivity index (χ3n) is 5.35. The summed E-state index contributed by atoms with van der Waals surface area (Å²) in [6, 6.07) is 24.7. The number of carbonyl (C=O) groups excluding carboxylic acids is 2. The molecule has 4 nitrogen and oxygen atoms in total. The molecule has 1 N–H and O–H groups in total. The zero-order chi connectivity index (χ0) is 25.2. The molecule has 184 valence electrons. The molecule has 0 aliphatic rings. The van der Waals surface area contributed by atoms with Gasteiger partial charge in [0.2, 0.25) is 11.8 Å². The smallest absolute Gasteiger partial charge is 0.243 e. The molecule has 0 heterocycles. The Labute approximate surface area is 225 Å². The minimum absolute atomic E-state index is 0.0318. The van der Waals surface area contributed by atoms with E-state index in [0.717, 1.165) is 21.2 Å². The molecular weight excluding hydrogens is 544 g/mol. The number of nitrogens with zero attached hydrogens (tertiary/aromatic N) is 1. The second-order valence-corrected chi connectivity index (χ2v) is 11.0. The van der Waals surface area contributed by atoms with E-state index in [1.165, 1.54) is 0 Å². The van der Waals surface area contributed by atoms with Crippen molar-refractivity contribution >= 4 is 51.1 Å². The molecule has 0 unspecified atom stereocenters. The largest absolute Gasteiger partial charge is 0.352 e. The van der Waals surface area contributed by atoms with Crippen molar-refractivity contribution in [1.82, 2.24) is 10.2 Å². The summed E-state index contributed by atoms with van der Waals surface area (Å²) in [5.74, 6) is 0.756. The van der Waals surface area contributed by atoms with Crippen molar-refractivity contribution < 1.29 is 9.59 Å². The van der Waals surface area contributed by atoms with E-state index in [9.17, 15) is 9.59 Å². The highest BCUT2D eigenvalue weighted by Gasteiger charge is 2.30. The molecule has 0 aromatic heterocycles. The van der Waals surface area contributed by atoms with Crippen LogP contribution in [0.25, 0.3) is 0 Å². The normalized spacial score (nSPS) is 11.8. The first-order valence-corrected chi connectivity index (χ1v) is 13.8. The first kappa shape index (κ1) is 27.3.